The van der Waals surface area contributed by atoms with Gasteiger partial charge < -0.3 is 4.57 Å². The van der Waals surface area contributed by atoms with Crippen LogP contribution in [0, 0.1) is 17.2 Å². The molecule has 0 aliphatic heterocycles. The van der Waals surface area contributed by atoms with Crippen molar-refractivity contribution in [3.63, 3.8) is 0 Å². The Balaban J connectivity index is 2.58. The minimum atomic E-state index is -0.235. The van der Waals surface area contributed by atoms with E-state index in [4.69, 9.17) is 11.6 Å². The Morgan fingerprint density at radius 2 is 2.05 bits per heavy atom. The first kappa shape index (κ1) is 14.3. The van der Waals surface area contributed by atoms with Gasteiger partial charge in [-0.3, -0.25) is 0 Å². The molecule has 1 aromatic heterocycles. The Morgan fingerprint density at radius 3 is 2.63 bits per heavy atom. The van der Waals surface area contributed by atoms with Gasteiger partial charge >= 0.3 is 0 Å². The maximum atomic E-state index is 14.1. The average molecular weight is 283 g/mol. The second kappa shape index (κ2) is 5.12. The van der Waals surface area contributed by atoms with E-state index in [0.29, 0.717) is 29.4 Å². The highest BCUT2D eigenvalue weighted by molar-refractivity contribution is 6.16. The molecular weight excluding hydrogens is 263 g/mol. The second-order valence-electron chi connectivity index (χ2n) is 6.00. The van der Waals surface area contributed by atoms with Gasteiger partial charge in [0.1, 0.15) is 17.2 Å². The molecule has 19 heavy (non-hydrogen) atoms. The lowest BCUT2D eigenvalue weighted by molar-refractivity contribution is 0.210. The van der Waals surface area contributed by atoms with Gasteiger partial charge in [0.05, 0.1) is 11.4 Å². The number of aromatic nitrogens is 2. The number of hydrogen-bond acceptors (Lipinski definition) is 1. The molecule has 2 nitrogen and oxygen atoms in total. The van der Waals surface area contributed by atoms with Gasteiger partial charge in [-0.2, -0.15) is 0 Å². The highest BCUT2D eigenvalue weighted by Gasteiger charge is 2.26. The van der Waals surface area contributed by atoms with Crippen molar-refractivity contribution in [3.05, 3.63) is 29.8 Å². The van der Waals surface area contributed by atoms with Gasteiger partial charge in [-0.25, -0.2) is 9.37 Å². The molecule has 104 valence electrons. The summed E-state index contributed by atoms with van der Waals surface area (Å²) in [5, 5.41) is 0. The molecule has 0 unspecified atom stereocenters. The van der Waals surface area contributed by atoms with Crippen LogP contribution in [0.1, 0.15) is 33.5 Å². The minimum Gasteiger partial charge on any atom is -0.324 e. The Bertz CT molecular complexity index is 587. The van der Waals surface area contributed by atoms with Crippen LogP contribution in [0.25, 0.3) is 11.0 Å². The van der Waals surface area contributed by atoms with Crippen molar-refractivity contribution in [1.82, 2.24) is 9.55 Å². The molecule has 0 amide bonds. The van der Waals surface area contributed by atoms with Crippen LogP contribution in [0.15, 0.2) is 18.2 Å². The summed E-state index contributed by atoms with van der Waals surface area (Å²) >= 11 is 5.96. The van der Waals surface area contributed by atoms with Crippen molar-refractivity contribution in [2.75, 3.05) is 0 Å². The maximum absolute atomic E-state index is 14.1. The molecule has 0 bridgehead atoms. The van der Waals surface area contributed by atoms with E-state index in [1.54, 1.807) is 6.07 Å². The van der Waals surface area contributed by atoms with Crippen LogP contribution in [0.3, 0.4) is 0 Å². The summed E-state index contributed by atoms with van der Waals surface area (Å²) in [6.45, 7) is 9.43. The van der Waals surface area contributed by atoms with Crippen LogP contribution >= 0.6 is 11.6 Å². The van der Waals surface area contributed by atoms with Crippen LogP contribution in [-0.2, 0) is 12.4 Å². The lowest BCUT2D eigenvalue weighted by atomic mass is 9.81. The zero-order valence-corrected chi connectivity index (χ0v) is 12.6. The quantitative estimate of drug-likeness (QED) is 0.750. The van der Waals surface area contributed by atoms with Crippen LogP contribution < -0.4 is 0 Å². The molecule has 4 heteroatoms. The van der Waals surface area contributed by atoms with E-state index in [2.05, 4.69) is 32.7 Å². The molecular formula is C15H20ClFN2. The van der Waals surface area contributed by atoms with E-state index in [9.17, 15) is 4.39 Å². The molecule has 0 spiro atoms. The Kier molecular flexibility index (Phi) is 3.86. The third-order valence-corrected chi connectivity index (χ3v) is 4.28. The van der Waals surface area contributed by atoms with Crippen LogP contribution in [0.2, 0.25) is 0 Å². The van der Waals surface area contributed by atoms with Crippen molar-refractivity contribution in [2.24, 2.45) is 11.3 Å². The summed E-state index contributed by atoms with van der Waals surface area (Å²) in [4.78, 5) is 4.43. The molecule has 0 aliphatic carbocycles. The first-order valence-corrected chi connectivity index (χ1v) is 7.10. The number of hydrogen-bond donors (Lipinski definition) is 0. The van der Waals surface area contributed by atoms with Crippen LogP contribution in [-0.4, -0.2) is 9.55 Å². The van der Waals surface area contributed by atoms with Gasteiger partial charge in [-0.1, -0.05) is 33.8 Å². The predicted octanol–water partition coefficient (Wildman–Crippen LogP) is 4.60. The van der Waals surface area contributed by atoms with Crippen molar-refractivity contribution in [3.8, 4) is 0 Å². The molecule has 0 N–H and O–H groups in total. The highest BCUT2D eigenvalue weighted by Crippen LogP contribution is 2.31. The van der Waals surface area contributed by atoms with E-state index in [1.165, 1.54) is 6.07 Å². The number of nitrogens with zero attached hydrogens (tertiary/aromatic N) is 2. The van der Waals surface area contributed by atoms with Crippen LogP contribution in [0.4, 0.5) is 4.39 Å². The van der Waals surface area contributed by atoms with Gasteiger partial charge in [-0.05, 0) is 23.5 Å². The molecule has 0 fully saturated rings. The van der Waals surface area contributed by atoms with E-state index in [1.807, 2.05) is 10.6 Å². The first-order valence-electron chi connectivity index (χ1n) is 6.56. The molecule has 1 aromatic carbocycles. The average Bonchev–Trinajstić information content (AvgIpc) is 2.68. The number of alkyl halides is 1. The van der Waals surface area contributed by atoms with Gasteiger partial charge in [0, 0.05) is 6.54 Å². The fraction of sp³-hybridized carbons (Fsp3) is 0.533. The zero-order chi connectivity index (χ0) is 14.2. The number of imidazole rings is 1. The fourth-order valence-corrected chi connectivity index (χ4v) is 2.26. The number of rotatable bonds is 4. The molecule has 0 atom stereocenters. The zero-order valence-electron chi connectivity index (χ0n) is 11.9. The van der Waals surface area contributed by atoms with E-state index < -0.39 is 0 Å². The Morgan fingerprint density at radius 1 is 1.37 bits per heavy atom. The maximum Gasteiger partial charge on any atom is 0.149 e. The van der Waals surface area contributed by atoms with Gasteiger partial charge in [0.25, 0.3) is 0 Å². The Hall–Kier alpha value is -1.09. The predicted molar refractivity (Wildman–Crippen MR) is 77.9 cm³/mol. The van der Waals surface area contributed by atoms with Gasteiger partial charge in [0.15, 0.2) is 0 Å². The number of fused-ring (bicyclic) bond motifs is 1. The van der Waals surface area contributed by atoms with Crippen molar-refractivity contribution >= 4 is 22.6 Å². The summed E-state index contributed by atoms with van der Waals surface area (Å²) in [6, 6.07) is 4.98. The summed E-state index contributed by atoms with van der Waals surface area (Å²) < 4.78 is 16.0. The first-order chi connectivity index (χ1) is 8.86. The van der Waals surface area contributed by atoms with Crippen LogP contribution in [0.5, 0.6) is 0 Å². The van der Waals surface area contributed by atoms with Gasteiger partial charge in [0.2, 0.25) is 0 Å². The monoisotopic (exact) mass is 282 g/mol. The lowest BCUT2D eigenvalue weighted by Crippen LogP contribution is -2.26. The number of benzene rings is 1. The lowest BCUT2D eigenvalue weighted by Gasteiger charge is -2.30. The van der Waals surface area contributed by atoms with E-state index in [0.717, 1.165) is 5.82 Å². The highest BCUT2D eigenvalue weighted by atomic mass is 35.5. The molecule has 2 rings (SSSR count). The largest absolute Gasteiger partial charge is 0.324 e. The summed E-state index contributed by atoms with van der Waals surface area (Å²) in [5.41, 5.74) is 1.29. The third-order valence-electron chi connectivity index (χ3n) is 4.04. The molecule has 1 heterocycles. The van der Waals surface area contributed by atoms with Gasteiger partial charge in [-0.15, -0.1) is 11.6 Å². The summed E-state index contributed by atoms with van der Waals surface area (Å²) in [7, 11) is 0. The normalized spacial score (nSPS) is 12.6. The molecule has 0 radical (unpaired) electrons. The number of halogens is 2. The number of para-hydroxylation sites is 1. The molecule has 2 aromatic rings. The van der Waals surface area contributed by atoms with Crippen molar-refractivity contribution < 1.29 is 4.39 Å². The SMILES string of the molecule is CC(C)C(C)(C)Cn1c(CCl)nc2cccc(F)c21. The minimum absolute atomic E-state index is 0.0523. The van der Waals surface area contributed by atoms with Crippen molar-refractivity contribution in [2.45, 2.75) is 40.1 Å². The summed E-state index contributed by atoms with van der Waals surface area (Å²) in [5.74, 6) is 1.28. The van der Waals surface area contributed by atoms with Crippen molar-refractivity contribution in [1.29, 1.82) is 0 Å². The standard InChI is InChI=1S/C15H20ClFN2/c1-10(2)15(3,4)9-19-13(8-16)18-12-7-5-6-11(17)14(12)19/h5-7,10H,8-9H2,1-4H3. The fourth-order valence-electron chi connectivity index (χ4n) is 2.05. The molecule has 0 aliphatic rings. The Labute approximate surface area is 118 Å². The smallest absolute Gasteiger partial charge is 0.149 e. The topological polar surface area (TPSA) is 17.8 Å². The second-order valence-corrected chi connectivity index (χ2v) is 6.27. The molecule has 0 saturated heterocycles. The molecule has 0 saturated carbocycles. The van der Waals surface area contributed by atoms with E-state index >= 15 is 0 Å². The van der Waals surface area contributed by atoms with E-state index in [-0.39, 0.29) is 11.2 Å². The third kappa shape index (κ3) is 2.62. The summed E-state index contributed by atoms with van der Waals surface area (Å²) in [6.07, 6.45) is 0.